The number of nitrogen functional groups attached to an aromatic ring is 2. The van der Waals surface area contributed by atoms with Crippen molar-refractivity contribution in [3.63, 3.8) is 0 Å². The zero-order chi connectivity index (χ0) is 21.0. The van der Waals surface area contributed by atoms with Crippen molar-refractivity contribution >= 4 is 34.6 Å². The van der Waals surface area contributed by atoms with Gasteiger partial charge in [0, 0.05) is 23.5 Å². The summed E-state index contributed by atoms with van der Waals surface area (Å²) in [6.45, 7) is -0.0334. The maximum absolute atomic E-state index is 12.2. The van der Waals surface area contributed by atoms with Crippen LogP contribution >= 0.6 is 0 Å². The van der Waals surface area contributed by atoms with Crippen molar-refractivity contribution in [2.24, 2.45) is 0 Å². The molecule has 0 saturated heterocycles. The number of aromatic hydroxyl groups is 2. The molecule has 0 radical (unpaired) electrons. The summed E-state index contributed by atoms with van der Waals surface area (Å²) in [6, 6.07) is 8.84. The van der Waals surface area contributed by atoms with E-state index in [1.165, 1.54) is 24.3 Å². The molecule has 2 aromatic carbocycles. The molecular weight excluding hydrogens is 376 g/mol. The van der Waals surface area contributed by atoms with E-state index in [2.05, 4.69) is 10.6 Å². The first kappa shape index (κ1) is 19.5. The summed E-state index contributed by atoms with van der Waals surface area (Å²) in [7, 11) is 0. The van der Waals surface area contributed by atoms with Crippen LogP contribution < -0.4 is 26.7 Å². The summed E-state index contributed by atoms with van der Waals surface area (Å²) in [6.07, 6.45) is 4.86. The molecule has 0 unspecified atom stereocenters. The largest absolute Gasteiger partial charge is 0.506 e. The number of hydrogen-bond acceptors (Lipinski definition) is 6. The molecule has 8 N–H and O–H groups in total. The number of nitrogens with one attached hydrogen (secondary N) is 2. The van der Waals surface area contributed by atoms with Crippen LogP contribution in [0.15, 0.2) is 55.1 Å². The molecule has 0 spiro atoms. The van der Waals surface area contributed by atoms with Gasteiger partial charge >= 0.3 is 0 Å². The van der Waals surface area contributed by atoms with Crippen LogP contribution in [-0.2, 0) is 22.7 Å². The topological polar surface area (TPSA) is 160 Å². The van der Waals surface area contributed by atoms with Crippen LogP contribution in [0, 0.1) is 0 Å². The number of amides is 2. The van der Waals surface area contributed by atoms with Crippen LogP contribution in [0.2, 0.25) is 0 Å². The molecule has 1 aromatic heterocycles. The Labute approximate surface area is 166 Å². The van der Waals surface area contributed by atoms with E-state index >= 15 is 0 Å². The minimum Gasteiger partial charge on any atom is -0.506 e. The van der Waals surface area contributed by atoms with E-state index in [0.29, 0.717) is 11.4 Å². The van der Waals surface area contributed by atoms with E-state index in [4.69, 9.17) is 11.5 Å². The highest BCUT2D eigenvalue weighted by atomic mass is 16.3. The fourth-order valence-electron chi connectivity index (χ4n) is 2.65. The zero-order valence-corrected chi connectivity index (χ0v) is 15.4. The molecular formula is C19H21N6O4+. The summed E-state index contributed by atoms with van der Waals surface area (Å²) in [5.74, 6) is -0.958. The molecule has 0 fully saturated rings. The first-order valence-electron chi connectivity index (χ1n) is 8.61. The summed E-state index contributed by atoms with van der Waals surface area (Å²) in [4.78, 5) is 24.3. The van der Waals surface area contributed by atoms with Crippen LogP contribution in [-0.4, -0.2) is 26.6 Å². The van der Waals surface area contributed by atoms with Gasteiger partial charge in [-0.05, 0) is 24.3 Å². The van der Waals surface area contributed by atoms with Crippen molar-refractivity contribution in [3.05, 3.63) is 55.1 Å². The molecule has 10 heteroatoms. The number of benzene rings is 2. The highest BCUT2D eigenvalue weighted by Gasteiger charge is 2.14. The lowest BCUT2D eigenvalue weighted by atomic mass is 10.2. The molecule has 29 heavy (non-hydrogen) atoms. The van der Waals surface area contributed by atoms with E-state index in [9.17, 15) is 19.8 Å². The number of phenols is 2. The van der Waals surface area contributed by atoms with Gasteiger partial charge in [-0.15, -0.1) is 0 Å². The third-order valence-corrected chi connectivity index (χ3v) is 3.99. The van der Waals surface area contributed by atoms with Crippen LogP contribution in [0.1, 0.15) is 0 Å². The Morgan fingerprint density at radius 1 is 0.931 bits per heavy atom. The predicted molar refractivity (Wildman–Crippen MR) is 107 cm³/mol. The third kappa shape index (κ3) is 5.16. The van der Waals surface area contributed by atoms with Crippen molar-refractivity contribution in [3.8, 4) is 11.5 Å². The Hall–Kier alpha value is -4.21. The Kier molecular flexibility index (Phi) is 5.54. The predicted octanol–water partition coefficient (Wildman–Crippen LogP) is 0.629. The fraction of sp³-hybridized carbons (Fsp3) is 0.105. The van der Waals surface area contributed by atoms with Crippen molar-refractivity contribution in [1.82, 2.24) is 4.57 Å². The second-order valence-electron chi connectivity index (χ2n) is 6.41. The number of aromatic nitrogens is 2. The minimum atomic E-state index is -0.357. The smallest absolute Gasteiger partial charge is 0.266 e. The molecule has 3 rings (SSSR count). The maximum Gasteiger partial charge on any atom is 0.266 e. The second kappa shape index (κ2) is 8.21. The van der Waals surface area contributed by atoms with Gasteiger partial charge in [0.1, 0.15) is 23.9 Å². The van der Waals surface area contributed by atoms with Gasteiger partial charge in [-0.1, -0.05) is 0 Å². The van der Waals surface area contributed by atoms with Crippen molar-refractivity contribution in [2.45, 2.75) is 13.1 Å². The average molecular weight is 397 g/mol. The molecule has 0 atom stereocenters. The van der Waals surface area contributed by atoms with Gasteiger partial charge in [0.25, 0.3) is 11.8 Å². The Morgan fingerprint density at radius 3 is 2.03 bits per heavy atom. The number of carbonyl (C=O) groups is 2. The second-order valence-corrected chi connectivity index (χ2v) is 6.41. The van der Waals surface area contributed by atoms with Crippen LogP contribution in [0.5, 0.6) is 11.5 Å². The molecule has 1 heterocycles. The molecule has 0 aliphatic heterocycles. The standard InChI is InChI=1S/C19H20N6O4/c20-12-1-3-14(16(26)7-12)22-18(28)9-24-5-6-25(11-24)10-19(29)23-15-4-2-13(21)8-17(15)27/h1-8,11H,9-10,20-21H2,(H3-,22,23,26,27,28,29)/p+1. The van der Waals surface area contributed by atoms with Gasteiger partial charge in [-0.25, -0.2) is 9.13 Å². The number of carbonyl (C=O) groups excluding carboxylic acids is 2. The average Bonchev–Trinajstić information content (AvgIpc) is 3.06. The Bertz CT molecular complexity index is 981. The Morgan fingerprint density at radius 2 is 1.48 bits per heavy atom. The number of imidazole rings is 1. The molecule has 0 saturated carbocycles. The van der Waals surface area contributed by atoms with Crippen LogP contribution in [0.25, 0.3) is 0 Å². The van der Waals surface area contributed by atoms with Gasteiger partial charge in [-0.3, -0.25) is 9.59 Å². The Balaban J connectivity index is 1.56. The number of hydrogen-bond donors (Lipinski definition) is 6. The van der Waals surface area contributed by atoms with Crippen molar-refractivity contribution in [1.29, 1.82) is 0 Å². The summed E-state index contributed by atoms with van der Waals surface area (Å²) >= 11 is 0. The van der Waals surface area contributed by atoms with E-state index in [0.717, 1.165) is 0 Å². The monoisotopic (exact) mass is 397 g/mol. The summed E-state index contributed by atoms with van der Waals surface area (Å²) in [5.41, 5.74) is 12.4. The van der Waals surface area contributed by atoms with Crippen molar-refractivity contribution < 1.29 is 24.4 Å². The quantitative estimate of drug-likeness (QED) is 0.203. The number of nitrogens with two attached hydrogens (primary N) is 2. The third-order valence-electron chi connectivity index (χ3n) is 3.99. The molecule has 3 aromatic rings. The van der Waals surface area contributed by atoms with E-state index in [-0.39, 0.29) is 47.8 Å². The first-order valence-corrected chi connectivity index (χ1v) is 8.61. The van der Waals surface area contributed by atoms with Gasteiger partial charge in [0.05, 0.1) is 11.4 Å². The van der Waals surface area contributed by atoms with E-state index < -0.39 is 0 Å². The van der Waals surface area contributed by atoms with Gasteiger partial charge in [0.15, 0.2) is 13.1 Å². The summed E-state index contributed by atoms with van der Waals surface area (Å²) < 4.78 is 3.16. The number of anilines is 4. The molecule has 150 valence electrons. The number of nitrogens with zero attached hydrogens (tertiary/aromatic N) is 2. The summed E-state index contributed by atoms with van der Waals surface area (Å²) in [5, 5.41) is 24.8. The maximum atomic E-state index is 12.2. The minimum absolute atomic E-state index is 0.0167. The van der Waals surface area contributed by atoms with Gasteiger partial charge in [-0.2, -0.15) is 0 Å². The lowest BCUT2D eigenvalue weighted by Gasteiger charge is -2.07. The van der Waals surface area contributed by atoms with Crippen LogP contribution in [0.3, 0.4) is 0 Å². The normalized spacial score (nSPS) is 10.5. The number of phenolic OH excluding ortho intramolecular Hbond substituents is 2. The highest BCUT2D eigenvalue weighted by molar-refractivity contribution is 5.92. The molecule has 0 aliphatic carbocycles. The SMILES string of the molecule is Nc1ccc(NC(=O)Cn2cc[n+](CC(=O)Nc3ccc(N)cc3O)c2)c(O)c1. The van der Waals surface area contributed by atoms with Gasteiger partial charge in [0.2, 0.25) is 6.33 Å². The van der Waals surface area contributed by atoms with Gasteiger partial charge < -0.3 is 32.3 Å². The van der Waals surface area contributed by atoms with Crippen LogP contribution in [0.4, 0.5) is 22.7 Å². The molecule has 10 nitrogen and oxygen atoms in total. The molecule has 0 aliphatic rings. The fourth-order valence-corrected chi connectivity index (χ4v) is 2.65. The number of rotatable bonds is 6. The van der Waals surface area contributed by atoms with E-state index in [1.807, 2.05) is 0 Å². The highest BCUT2D eigenvalue weighted by Crippen LogP contribution is 2.25. The lowest BCUT2D eigenvalue weighted by Crippen LogP contribution is -2.38. The van der Waals surface area contributed by atoms with Crippen molar-refractivity contribution in [2.75, 3.05) is 22.1 Å². The first-order chi connectivity index (χ1) is 13.8. The lowest BCUT2D eigenvalue weighted by molar-refractivity contribution is -0.683. The molecule has 2 amide bonds. The molecule has 0 bridgehead atoms. The zero-order valence-electron chi connectivity index (χ0n) is 15.4. The van der Waals surface area contributed by atoms with E-state index in [1.54, 1.807) is 40.0 Å².